The van der Waals surface area contributed by atoms with Gasteiger partial charge in [-0.2, -0.15) is 0 Å². The molecule has 0 N–H and O–H groups in total. The molecular weight excluding hydrogens is 302 g/mol. The van der Waals surface area contributed by atoms with E-state index in [1.807, 2.05) is 18.2 Å². The van der Waals surface area contributed by atoms with Crippen molar-refractivity contribution in [3.63, 3.8) is 0 Å². The van der Waals surface area contributed by atoms with Crippen molar-refractivity contribution in [2.45, 2.75) is 52.4 Å². The first-order valence-corrected chi connectivity index (χ1v) is 9.03. The summed E-state index contributed by atoms with van der Waals surface area (Å²) in [7, 11) is 0. The second kappa shape index (κ2) is 7.46. The van der Waals surface area contributed by atoms with Crippen LogP contribution < -0.4 is 0 Å². The van der Waals surface area contributed by atoms with Gasteiger partial charge < -0.3 is 0 Å². The smallest absolute Gasteiger partial charge is 0.127 e. The van der Waals surface area contributed by atoms with E-state index in [0.29, 0.717) is 23.5 Å². The summed E-state index contributed by atoms with van der Waals surface area (Å²) in [5, 5.41) is 0. The van der Waals surface area contributed by atoms with E-state index in [9.17, 15) is 8.78 Å². The Kier molecular flexibility index (Phi) is 5.33. The van der Waals surface area contributed by atoms with Gasteiger partial charge in [-0.25, -0.2) is 8.78 Å². The Labute approximate surface area is 143 Å². The average Bonchev–Trinajstić information content (AvgIpc) is 2.56. The second-order valence-electron chi connectivity index (χ2n) is 7.52. The van der Waals surface area contributed by atoms with Gasteiger partial charge >= 0.3 is 0 Å². The molecule has 0 spiro atoms. The lowest BCUT2D eigenvalue weighted by Gasteiger charge is -2.26. The molecule has 2 aromatic carbocycles. The van der Waals surface area contributed by atoms with Crippen molar-refractivity contribution in [1.82, 2.24) is 0 Å². The third kappa shape index (κ3) is 4.23. The lowest BCUT2D eigenvalue weighted by molar-refractivity contribution is 0.289. The molecule has 24 heavy (non-hydrogen) atoms. The highest BCUT2D eigenvalue weighted by Gasteiger charge is 2.19. The van der Waals surface area contributed by atoms with E-state index in [4.69, 9.17) is 0 Å². The first kappa shape index (κ1) is 17.1. The minimum absolute atomic E-state index is 0.169. The molecule has 3 rings (SSSR count). The minimum atomic E-state index is -0.226. The summed E-state index contributed by atoms with van der Waals surface area (Å²) in [6, 6.07) is 10.7. The maximum absolute atomic E-state index is 14.4. The Bertz CT molecular complexity index is 697. The van der Waals surface area contributed by atoms with Crippen molar-refractivity contribution in [3.05, 3.63) is 70.3 Å². The summed E-state index contributed by atoms with van der Waals surface area (Å²) in [6.07, 6.45) is 6.52. The highest BCUT2D eigenvalue weighted by atomic mass is 19.1. The maximum Gasteiger partial charge on any atom is 0.127 e. The molecule has 0 saturated heterocycles. The Morgan fingerprint density at radius 2 is 1.54 bits per heavy atom. The van der Waals surface area contributed by atoms with Crippen LogP contribution >= 0.6 is 0 Å². The third-order valence-electron chi connectivity index (χ3n) is 5.41. The molecule has 0 radical (unpaired) electrons. The fourth-order valence-corrected chi connectivity index (χ4v) is 3.69. The molecule has 0 nitrogen and oxygen atoms in total. The zero-order valence-electron chi connectivity index (χ0n) is 14.6. The Balaban J connectivity index is 1.67. The molecule has 2 heteroatoms. The molecule has 0 aromatic heterocycles. The highest BCUT2D eigenvalue weighted by molar-refractivity contribution is 5.32. The summed E-state index contributed by atoms with van der Waals surface area (Å²) < 4.78 is 28.1. The molecule has 1 aliphatic carbocycles. The molecule has 0 heterocycles. The van der Waals surface area contributed by atoms with Gasteiger partial charge in [-0.1, -0.05) is 44.0 Å². The van der Waals surface area contributed by atoms with E-state index < -0.39 is 0 Å². The summed E-state index contributed by atoms with van der Waals surface area (Å²) in [5.41, 5.74) is 3.16. The standard InChI is InChI=1S/C22H26F2/c1-15-3-6-17(7-4-15)11-18-9-10-20(22(24)14-18)12-19-8-5-16(2)21(23)13-19/h5,8-10,13-15,17H,3-4,6-7,11-12H2,1-2H3. The van der Waals surface area contributed by atoms with Crippen LogP contribution in [0.5, 0.6) is 0 Å². The summed E-state index contributed by atoms with van der Waals surface area (Å²) in [4.78, 5) is 0. The van der Waals surface area contributed by atoms with Gasteiger partial charge in [0.05, 0.1) is 0 Å². The van der Waals surface area contributed by atoms with Crippen LogP contribution in [0.25, 0.3) is 0 Å². The third-order valence-corrected chi connectivity index (χ3v) is 5.41. The largest absolute Gasteiger partial charge is 0.207 e. The number of aryl methyl sites for hydroxylation is 1. The summed E-state index contributed by atoms with van der Waals surface area (Å²) in [6.45, 7) is 4.05. The van der Waals surface area contributed by atoms with E-state index in [-0.39, 0.29) is 11.6 Å². The quantitative estimate of drug-likeness (QED) is 0.624. The van der Waals surface area contributed by atoms with Gasteiger partial charge in [0.1, 0.15) is 11.6 Å². The van der Waals surface area contributed by atoms with E-state index >= 15 is 0 Å². The van der Waals surface area contributed by atoms with Gasteiger partial charge in [-0.15, -0.1) is 0 Å². The molecular formula is C22H26F2. The van der Waals surface area contributed by atoms with Crippen molar-refractivity contribution < 1.29 is 8.78 Å². The summed E-state index contributed by atoms with van der Waals surface area (Å²) >= 11 is 0. The zero-order valence-corrected chi connectivity index (χ0v) is 14.6. The first-order valence-electron chi connectivity index (χ1n) is 9.03. The topological polar surface area (TPSA) is 0 Å². The normalized spacial score (nSPS) is 21.0. The molecule has 0 unspecified atom stereocenters. The predicted octanol–water partition coefficient (Wildman–Crippen LogP) is 6.23. The number of hydrogen-bond acceptors (Lipinski definition) is 0. The zero-order chi connectivity index (χ0) is 17.1. The Morgan fingerprint density at radius 3 is 2.21 bits per heavy atom. The molecule has 0 amide bonds. The molecule has 1 fully saturated rings. The molecule has 1 aliphatic rings. The van der Waals surface area contributed by atoms with Gasteiger partial charge in [0.2, 0.25) is 0 Å². The first-order chi connectivity index (χ1) is 11.5. The van der Waals surface area contributed by atoms with Gasteiger partial charge in [0.15, 0.2) is 0 Å². The predicted molar refractivity (Wildman–Crippen MR) is 95.2 cm³/mol. The van der Waals surface area contributed by atoms with Gasteiger partial charge in [-0.05, 0) is 72.4 Å². The number of halogens is 2. The van der Waals surface area contributed by atoms with Crippen LogP contribution in [0.4, 0.5) is 8.78 Å². The van der Waals surface area contributed by atoms with E-state index in [0.717, 1.165) is 23.5 Å². The van der Waals surface area contributed by atoms with Crippen molar-refractivity contribution in [1.29, 1.82) is 0 Å². The van der Waals surface area contributed by atoms with Crippen LogP contribution in [0.1, 0.15) is 54.9 Å². The Morgan fingerprint density at radius 1 is 0.875 bits per heavy atom. The molecule has 1 saturated carbocycles. The number of hydrogen-bond donors (Lipinski definition) is 0. The van der Waals surface area contributed by atoms with E-state index in [1.165, 1.54) is 31.7 Å². The van der Waals surface area contributed by atoms with Crippen LogP contribution in [0, 0.1) is 30.4 Å². The van der Waals surface area contributed by atoms with Crippen molar-refractivity contribution >= 4 is 0 Å². The van der Waals surface area contributed by atoms with Gasteiger partial charge in [-0.3, -0.25) is 0 Å². The molecule has 2 aromatic rings. The lowest BCUT2D eigenvalue weighted by atomic mass is 9.80. The van der Waals surface area contributed by atoms with Crippen LogP contribution in [0.3, 0.4) is 0 Å². The number of benzene rings is 2. The minimum Gasteiger partial charge on any atom is -0.207 e. The monoisotopic (exact) mass is 328 g/mol. The molecule has 0 atom stereocenters. The fourth-order valence-electron chi connectivity index (χ4n) is 3.69. The van der Waals surface area contributed by atoms with Gasteiger partial charge in [0.25, 0.3) is 0 Å². The summed E-state index contributed by atoms with van der Waals surface area (Å²) in [5.74, 6) is 1.14. The molecule has 0 aliphatic heterocycles. The number of rotatable bonds is 4. The molecule has 128 valence electrons. The maximum atomic E-state index is 14.4. The van der Waals surface area contributed by atoms with Crippen LogP contribution in [-0.2, 0) is 12.8 Å². The van der Waals surface area contributed by atoms with E-state index in [2.05, 4.69) is 6.92 Å². The Hall–Kier alpha value is -1.70. The lowest BCUT2D eigenvalue weighted by Crippen LogP contribution is -2.14. The van der Waals surface area contributed by atoms with E-state index in [1.54, 1.807) is 19.1 Å². The SMILES string of the molecule is Cc1ccc(Cc2ccc(CC3CCC(C)CC3)cc2F)cc1F. The van der Waals surface area contributed by atoms with Crippen LogP contribution in [0.2, 0.25) is 0 Å². The van der Waals surface area contributed by atoms with Crippen molar-refractivity contribution in [2.75, 3.05) is 0 Å². The van der Waals surface area contributed by atoms with Crippen LogP contribution in [0.15, 0.2) is 36.4 Å². The fraction of sp³-hybridized carbons (Fsp3) is 0.455. The average molecular weight is 328 g/mol. The van der Waals surface area contributed by atoms with Gasteiger partial charge in [0, 0.05) is 6.42 Å². The van der Waals surface area contributed by atoms with Crippen LogP contribution in [-0.4, -0.2) is 0 Å². The van der Waals surface area contributed by atoms with Crippen molar-refractivity contribution in [2.24, 2.45) is 11.8 Å². The second-order valence-corrected chi connectivity index (χ2v) is 7.52. The van der Waals surface area contributed by atoms with Crippen molar-refractivity contribution in [3.8, 4) is 0 Å². The highest BCUT2D eigenvalue weighted by Crippen LogP contribution is 2.31. The molecule has 0 bridgehead atoms.